The van der Waals surface area contributed by atoms with Gasteiger partial charge in [-0.25, -0.2) is 0 Å². The molecular weight excluding hydrogens is 398 g/mol. The first-order chi connectivity index (χ1) is 14.6. The molecule has 0 saturated carbocycles. The van der Waals surface area contributed by atoms with Crippen LogP contribution in [0.5, 0.6) is 0 Å². The lowest BCUT2D eigenvalue weighted by Crippen LogP contribution is -2.37. The number of unbranched alkanes of at least 4 members (excludes halogenated alkanes) is 1. The third kappa shape index (κ3) is 6.59. The Balaban J connectivity index is 1.60. The highest BCUT2D eigenvalue weighted by atomic mass is 32.2. The van der Waals surface area contributed by atoms with Crippen molar-refractivity contribution in [1.29, 1.82) is 0 Å². The number of nitrogens with one attached hydrogen (secondary N) is 1. The van der Waals surface area contributed by atoms with E-state index in [9.17, 15) is 4.79 Å². The van der Waals surface area contributed by atoms with Crippen LogP contribution in [-0.4, -0.2) is 57.9 Å². The number of aliphatic imine (C=N–C) groups is 1. The van der Waals surface area contributed by atoms with Gasteiger partial charge >= 0.3 is 0 Å². The second-order valence-electron chi connectivity index (χ2n) is 7.98. The molecule has 164 valence electrons. The highest BCUT2D eigenvalue weighted by Gasteiger charge is 2.26. The molecule has 0 fully saturated rings. The van der Waals surface area contributed by atoms with E-state index in [4.69, 9.17) is 15.2 Å². The molecule has 2 aliphatic rings. The molecule has 3 rings (SSSR count). The second-order valence-corrected chi connectivity index (χ2v) is 8.97. The Labute approximate surface area is 183 Å². The monoisotopic (exact) mass is 431 g/mol. The first-order valence-electron chi connectivity index (χ1n) is 10.9. The van der Waals surface area contributed by atoms with E-state index in [1.165, 1.54) is 11.1 Å². The van der Waals surface area contributed by atoms with Gasteiger partial charge in [-0.15, -0.1) is 0 Å². The molecule has 6 nitrogen and oxygen atoms in total. The minimum absolute atomic E-state index is 0.0859. The van der Waals surface area contributed by atoms with Crippen LogP contribution < -0.4 is 5.32 Å². The summed E-state index contributed by atoms with van der Waals surface area (Å²) in [7, 11) is 0. The molecule has 2 atom stereocenters. The predicted molar refractivity (Wildman–Crippen MR) is 122 cm³/mol. The summed E-state index contributed by atoms with van der Waals surface area (Å²) in [5.41, 5.74) is 2.64. The van der Waals surface area contributed by atoms with E-state index < -0.39 is 6.29 Å². The van der Waals surface area contributed by atoms with Crippen molar-refractivity contribution >= 4 is 22.8 Å². The first kappa shape index (κ1) is 22.8. The Hall–Kier alpha value is -1.83. The van der Waals surface area contributed by atoms with Crippen molar-refractivity contribution in [3.8, 4) is 0 Å². The van der Waals surface area contributed by atoms with Crippen LogP contribution in [0.15, 0.2) is 47.0 Å². The van der Waals surface area contributed by atoms with Gasteiger partial charge < -0.3 is 20.4 Å². The number of amides is 1. The topological polar surface area (TPSA) is 85.2 Å². The van der Waals surface area contributed by atoms with E-state index in [1.807, 2.05) is 17.8 Å². The highest BCUT2D eigenvalue weighted by Crippen LogP contribution is 2.33. The lowest BCUT2D eigenvalue weighted by atomic mass is 9.88. The quantitative estimate of drug-likeness (QED) is 0.413. The number of carbonyl (C=O) groups excluding carboxylic acids is 1. The molecule has 30 heavy (non-hydrogen) atoms. The SMILES string of the molecule is CCCCN(CC1=CCC(C(=O)NCC(O)O)CC1)C1=NC(c2ccccc2)CS1. The smallest absolute Gasteiger partial charge is 0.223 e. The Morgan fingerprint density at radius 2 is 2.13 bits per heavy atom. The second kappa shape index (κ2) is 11.5. The molecule has 7 heteroatoms. The number of aliphatic hydroxyl groups excluding tert-OH is 1. The fourth-order valence-electron chi connectivity index (χ4n) is 3.82. The molecule has 2 unspecified atom stereocenters. The Bertz CT molecular complexity index is 751. The first-order valence-corrected chi connectivity index (χ1v) is 11.9. The van der Waals surface area contributed by atoms with Gasteiger partial charge in [0.15, 0.2) is 11.5 Å². The number of benzene rings is 1. The number of hydrogen-bond acceptors (Lipinski definition) is 6. The molecule has 3 N–H and O–H groups in total. The molecule has 1 aromatic rings. The van der Waals surface area contributed by atoms with Crippen molar-refractivity contribution in [1.82, 2.24) is 10.2 Å². The number of nitrogens with zero attached hydrogens (tertiary/aromatic N) is 2. The summed E-state index contributed by atoms with van der Waals surface area (Å²) in [6.07, 6.45) is 5.37. The van der Waals surface area contributed by atoms with Crippen LogP contribution in [0, 0.1) is 5.92 Å². The van der Waals surface area contributed by atoms with Crippen molar-refractivity contribution in [2.24, 2.45) is 10.9 Å². The van der Waals surface area contributed by atoms with E-state index in [2.05, 4.69) is 47.5 Å². The van der Waals surface area contributed by atoms with Crippen molar-refractivity contribution in [2.75, 3.05) is 25.4 Å². The van der Waals surface area contributed by atoms with Crippen LogP contribution in [0.25, 0.3) is 0 Å². The zero-order valence-electron chi connectivity index (χ0n) is 17.7. The summed E-state index contributed by atoms with van der Waals surface area (Å²) < 4.78 is 0. The number of amidine groups is 1. The summed E-state index contributed by atoms with van der Waals surface area (Å²) in [6.45, 7) is 3.97. The largest absolute Gasteiger partial charge is 0.367 e. The van der Waals surface area contributed by atoms with Gasteiger partial charge in [-0.3, -0.25) is 9.79 Å². The predicted octanol–water partition coefficient (Wildman–Crippen LogP) is 3.09. The molecule has 0 bridgehead atoms. The minimum atomic E-state index is -1.50. The van der Waals surface area contributed by atoms with Crippen molar-refractivity contribution in [3.05, 3.63) is 47.5 Å². The fourth-order valence-corrected chi connectivity index (χ4v) is 4.94. The minimum Gasteiger partial charge on any atom is -0.367 e. The van der Waals surface area contributed by atoms with Gasteiger partial charge in [0.1, 0.15) is 0 Å². The normalized spacial score (nSPS) is 21.3. The Kier molecular flexibility index (Phi) is 8.78. The molecule has 0 spiro atoms. The third-order valence-corrected chi connectivity index (χ3v) is 6.71. The average Bonchev–Trinajstić information content (AvgIpc) is 3.26. The standard InChI is InChI=1S/C23H33N3O3S/c1-2-3-13-26(23-25-20(16-30-23)18-7-5-4-6-8-18)15-17-9-11-19(12-10-17)22(29)24-14-21(27)28/h4-9,19-21,27-28H,2-3,10-16H2,1H3,(H,24,29). The maximum Gasteiger partial charge on any atom is 0.223 e. The third-order valence-electron chi connectivity index (χ3n) is 5.60. The van der Waals surface area contributed by atoms with Crippen LogP contribution in [0.2, 0.25) is 0 Å². The average molecular weight is 432 g/mol. The van der Waals surface area contributed by atoms with Gasteiger partial charge in [0.25, 0.3) is 0 Å². The molecule has 1 heterocycles. The molecule has 0 radical (unpaired) electrons. The number of allylic oxidation sites excluding steroid dienone is 1. The van der Waals surface area contributed by atoms with Gasteiger partial charge in [-0.2, -0.15) is 0 Å². The van der Waals surface area contributed by atoms with Crippen LogP contribution in [-0.2, 0) is 4.79 Å². The number of thioether (sulfide) groups is 1. The van der Waals surface area contributed by atoms with Crippen LogP contribution in [0.3, 0.4) is 0 Å². The van der Waals surface area contributed by atoms with Crippen molar-refractivity contribution in [2.45, 2.75) is 51.4 Å². The molecular formula is C23H33N3O3S. The van der Waals surface area contributed by atoms with Crippen LogP contribution in [0.1, 0.15) is 50.6 Å². The van der Waals surface area contributed by atoms with Crippen LogP contribution in [0.4, 0.5) is 0 Å². The molecule has 1 aromatic carbocycles. The van der Waals surface area contributed by atoms with Gasteiger partial charge in [0, 0.05) is 24.8 Å². The Morgan fingerprint density at radius 3 is 2.80 bits per heavy atom. The highest BCUT2D eigenvalue weighted by molar-refractivity contribution is 8.14. The maximum atomic E-state index is 12.2. The number of rotatable bonds is 9. The zero-order valence-corrected chi connectivity index (χ0v) is 18.5. The van der Waals surface area contributed by atoms with E-state index >= 15 is 0 Å². The number of carbonyl (C=O) groups is 1. The van der Waals surface area contributed by atoms with Gasteiger partial charge in [-0.1, -0.05) is 67.1 Å². The summed E-state index contributed by atoms with van der Waals surface area (Å²) in [4.78, 5) is 19.6. The summed E-state index contributed by atoms with van der Waals surface area (Å²) in [5, 5.41) is 21.6. The van der Waals surface area contributed by atoms with E-state index in [0.717, 1.165) is 49.7 Å². The van der Waals surface area contributed by atoms with Crippen molar-refractivity contribution in [3.63, 3.8) is 0 Å². The fraction of sp³-hybridized carbons (Fsp3) is 0.565. The van der Waals surface area contributed by atoms with Gasteiger partial charge in [-0.05, 0) is 31.2 Å². The summed E-state index contributed by atoms with van der Waals surface area (Å²) in [5.74, 6) is 0.805. The summed E-state index contributed by atoms with van der Waals surface area (Å²) >= 11 is 1.84. The van der Waals surface area contributed by atoms with E-state index in [0.29, 0.717) is 6.42 Å². The van der Waals surface area contributed by atoms with Crippen LogP contribution >= 0.6 is 11.8 Å². The van der Waals surface area contributed by atoms with Gasteiger partial charge in [0.05, 0.1) is 12.6 Å². The maximum absolute atomic E-state index is 12.2. The zero-order chi connectivity index (χ0) is 21.3. The molecule has 1 aliphatic heterocycles. The molecule has 1 amide bonds. The molecule has 0 aromatic heterocycles. The summed E-state index contributed by atoms with van der Waals surface area (Å²) in [6, 6.07) is 10.7. The van der Waals surface area contributed by atoms with Gasteiger partial charge in [0.2, 0.25) is 5.91 Å². The Morgan fingerprint density at radius 1 is 1.33 bits per heavy atom. The lowest BCUT2D eigenvalue weighted by molar-refractivity contribution is -0.127. The van der Waals surface area contributed by atoms with E-state index in [1.54, 1.807) is 0 Å². The van der Waals surface area contributed by atoms with Crippen molar-refractivity contribution < 1.29 is 15.0 Å². The van der Waals surface area contributed by atoms with E-state index in [-0.39, 0.29) is 24.4 Å². The number of aliphatic hydroxyl groups is 2. The molecule has 0 saturated heterocycles. The number of hydrogen-bond donors (Lipinski definition) is 3. The lowest BCUT2D eigenvalue weighted by Gasteiger charge is -2.28. The molecule has 1 aliphatic carbocycles.